The van der Waals surface area contributed by atoms with Crippen molar-refractivity contribution in [1.29, 1.82) is 0 Å². The van der Waals surface area contributed by atoms with Crippen molar-refractivity contribution >= 4 is 21.6 Å². The molecule has 0 radical (unpaired) electrons. The summed E-state index contributed by atoms with van der Waals surface area (Å²) >= 11 is 0. The SMILES string of the molecule is CCN(CC)S(=O)(=O)c1ccc(OC)c(N2CCN(C(=O)c3cc(F)ccc3C(F)(F)F)CC2)c1. The van der Waals surface area contributed by atoms with Crippen LogP contribution in [-0.2, 0) is 16.2 Å². The number of anilines is 1. The topological polar surface area (TPSA) is 70.2 Å². The van der Waals surface area contributed by atoms with Crippen molar-refractivity contribution in [3.63, 3.8) is 0 Å². The number of halogens is 4. The van der Waals surface area contributed by atoms with E-state index < -0.39 is 39.1 Å². The molecule has 0 saturated carbocycles. The minimum absolute atomic E-state index is 0.0584. The molecule has 1 amide bonds. The highest BCUT2D eigenvalue weighted by Crippen LogP contribution is 2.35. The maximum absolute atomic E-state index is 13.7. The maximum Gasteiger partial charge on any atom is 0.417 e. The van der Waals surface area contributed by atoms with Crippen LogP contribution in [-0.4, -0.2) is 69.9 Å². The molecule has 1 aliphatic heterocycles. The van der Waals surface area contributed by atoms with Gasteiger partial charge in [0.05, 0.1) is 28.8 Å². The third-order valence-corrected chi connectivity index (χ3v) is 7.96. The van der Waals surface area contributed by atoms with Gasteiger partial charge in [0, 0.05) is 39.3 Å². The predicted octanol–water partition coefficient (Wildman–Crippen LogP) is 3.85. The first-order chi connectivity index (χ1) is 16.4. The van der Waals surface area contributed by atoms with Gasteiger partial charge in [0.1, 0.15) is 11.6 Å². The van der Waals surface area contributed by atoms with Crippen LogP contribution in [0.1, 0.15) is 29.8 Å². The van der Waals surface area contributed by atoms with E-state index >= 15 is 0 Å². The van der Waals surface area contributed by atoms with Crippen molar-refractivity contribution in [2.75, 3.05) is 51.3 Å². The lowest BCUT2D eigenvalue weighted by molar-refractivity contribution is -0.138. The molecule has 1 saturated heterocycles. The molecule has 2 aromatic carbocycles. The molecule has 1 fully saturated rings. The fraction of sp³-hybridized carbons (Fsp3) is 0.435. The zero-order valence-electron chi connectivity index (χ0n) is 19.6. The first-order valence-corrected chi connectivity index (χ1v) is 12.5. The molecule has 0 atom stereocenters. The van der Waals surface area contributed by atoms with Crippen molar-refractivity contribution in [2.24, 2.45) is 0 Å². The Labute approximate surface area is 201 Å². The average Bonchev–Trinajstić information content (AvgIpc) is 2.83. The summed E-state index contributed by atoms with van der Waals surface area (Å²) in [7, 11) is -2.28. The molecular weight excluding hydrogens is 490 g/mol. The molecule has 0 bridgehead atoms. The molecule has 1 heterocycles. The second kappa shape index (κ2) is 10.4. The van der Waals surface area contributed by atoms with E-state index in [-0.39, 0.29) is 31.1 Å². The van der Waals surface area contributed by atoms with Crippen molar-refractivity contribution in [3.8, 4) is 5.75 Å². The average molecular weight is 518 g/mol. The summed E-state index contributed by atoms with van der Waals surface area (Å²) in [6.45, 7) is 4.64. The summed E-state index contributed by atoms with van der Waals surface area (Å²) in [5, 5.41) is 0. The van der Waals surface area contributed by atoms with Crippen molar-refractivity contribution in [2.45, 2.75) is 24.9 Å². The van der Waals surface area contributed by atoms with Crippen LogP contribution in [0.5, 0.6) is 5.75 Å². The van der Waals surface area contributed by atoms with E-state index in [4.69, 9.17) is 4.74 Å². The van der Waals surface area contributed by atoms with Gasteiger partial charge in [-0.25, -0.2) is 12.8 Å². The Hall–Kier alpha value is -2.86. The van der Waals surface area contributed by atoms with Crippen LogP contribution in [0.25, 0.3) is 0 Å². The van der Waals surface area contributed by atoms with Gasteiger partial charge in [-0.2, -0.15) is 17.5 Å². The van der Waals surface area contributed by atoms with Crippen LogP contribution >= 0.6 is 0 Å². The van der Waals surface area contributed by atoms with E-state index in [0.717, 1.165) is 0 Å². The van der Waals surface area contributed by atoms with E-state index in [2.05, 4.69) is 0 Å². The van der Waals surface area contributed by atoms with Crippen molar-refractivity contribution in [3.05, 3.63) is 53.3 Å². The van der Waals surface area contributed by atoms with Crippen LogP contribution in [0.15, 0.2) is 41.3 Å². The molecule has 35 heavy (non-hydrogen) atoms. The molecule has 7 nitrogen and oxygen atoms in total. The van der Waals surface area contributed by atoms with Gasteiger partial charge >= 0.3 is 6.18 Å². The fourth-order valence-electron chi connectivity index (χ4n) is 4.05. The Kier molecular flexibility index (Phi) is 7.95. The Balaban J connectivity index is 1.84. The quantitative estimate of drug-likeness (QED) is 0.522. The fourth-order valence-corrected chi connectivity index (χ4v) is 5.53. The largest absolute Gasteiger partial charge is 0.495 e. The van der Waals surface area contributed by atoms with Gasteiger partial charge in [-0.05, 0) is 36.4 Å². The Morgan fingerprint density at radius 1 is 1.03 bits per heavy atom. The standard InChI is InChI=1S/C23H27F4N3O4S/c1-4-30(5-2)35(32,33)17-7-9-21(34-3)20(15-17)28-10-12-29(13-11-28)22(31)18-14-16(24)6-8-19(18)23(25,26)27/h6-9,14-15H,4-5,10-13H2,1-3H3. The summed E-state index contributed by atoms with van der Waals surface area (Å²) in [6, 6.07) is 6.33. The molecule has 2 aromatic rings. The molecule has 0 aromatic heterocycles. The van der Waals surface area contributed by atoms with Gasteiger partial charge in [-0.1, -0.05) is 13.8 Å². The van der Waals surface area contributed by atoms with Crippen LogP contribution in [0.4, 0.5) is 23.2 Å². The Morgan fingerprint density at radius 2 is 1.66 bits per heavy atom. The zero-order valence-corrected chi connectivity index (χ0v) is 20.4. The number of ether oxygens (including phenoxy) is 1. The minimum Gasteiger partial charge on any atom is -0.495 e. The van der Waals surface area contributed by atoms with Gasteiger partial charge in [0.2, 0.25) is 10.0 Å². The minimum atomic E-state index is -4.80. The first-order valence-electron chi connectivity index (χ1n) is 11.0. The summed E-state index contributed by atoms with van der Waals surface area (Å²) < 4.78 is 86.3. The third kappa shape index (κ3) is 5.53. The van der Waals surface area contributed by atoms with Crippen LogP contribution < -0.4 is 9.64 Å². The molecule has 0 aliphatic carbocycles. The van der Waals surface area contributed by atoms with Gasteiger partial charge < -0.3 is 14.5 Å². The van der Waals surface area contributed by atoms with E-state index in [9.17, 15) is 30.8 Å². The third-order valence-electron chi connectivity index (χ3n) is 5.92. The molecule has 0 N–H and O–H groups in total. The number of rotatable bonds is 7. The van der Waals surface area contributed by atoms with Gasteiger partial charge in [0.15, 0.2) is 0 Å². The second-order valence-corrected chi connectivity index (χ2v) is 9.83. The molecule has 192 valence electrons. The Bertz CT molecular complexity index is 1180. The molecule has 1 aliphatic rings. The zero-order chi connectivity index (χ0) is 26.0. The summed E-state index contributed by atoms with van der Waals surface area (Å²) in [5.74, 6) is -1.43. The van der Waals surface area contributed by atoms with Crippen LogP contribution in [0.3, 0.4) is 0 Å². The number of hydrogen-bond donors (Lipinski definition) is 0. The predicted molar refractivity (Wildman–Crippen MR) is 123 cm³/mol. The molecule has 3 rings (SSSR count). The van der Waals surface area contributed by atoms with E-state index in [1.807, 2.05) is 0 Å². The first kappa shape index (κ1) is 26.7. The molecular formula is C23H27F4N3O4S. The van der Waals surface area contributed by atoms with Gasteiger partial charge in [-0.15, -0.1) is 0 Å². The lowest BCUT2D eigenvalue weighted by Crippen LogP contribution is -2.49. The van der Waals surface area contributed by atoms with E-state index in [1.165, 1.54) is 28.4 Å². The number of carbonyl (C=O) groups is 1. The van der Waals surface area contributed by atoms with Crippen LogP contribution in [0.2, 0.25) is 0 Å². The van der Waals surface area contributed by atoms with E-state index in [1.54, 1.807) is 24.8 Å². The number of piperazine rings is 1. The molecule has 12 heteroatoms. The number of nitrogens with zero attached hydrogens (tertiary/aromatic N) is 3. The monoisotopic (exact) mass is 517 g/mol. The maximum atomic E-state index is 13.7. The number of sulfonamides is 1. The molecule has 0 unspecified atom stereocenters. The smallest absolute Gasteiger partial charge is 0.417 e. The second-order valence-electron chi connectivity index (χ2n) is 7.89. The number of methoxy groups -OCH3 is 1. The summed E-state index contributed by atoms with van der Waals surface area (Å²) in [6.07, 6.45) is -4.80. The highest BCUT2D eigenvalue weighted by molar-refractivity contribution is 7.89. The number of hydrogen-bond acceptors (Lipinski definition) is 5. The number of benzene rings is 2. The summed E-state index contributed by atoms with van der Waals surface area (Å²) in [4.78, 5) is 16.0. The summed E-state index contributed by atoms with van der Waals surface area (Å²) in [5.41, 5.74) is -1.44. The Morgan fingerprint density at radius 3 is 2.20 bits per heavy atom. The number of carbonyl (C=O) groups excluding carboxylic acids is 1. The number of alkyl halides is 3. The van der Waals surface area contributed by atoms with Gasteiger partial charge in [0.25, 0.3) is 5.91 Å². The lowest BCUT2D eigenvalue weighted by atomic mass is 10.0. The van der Waals surface area contributed by atoms with Crippen molar-refractivity contribution in [1.82, 2.24) is 9.21 Å². The van der Waals surface area contributed by atoms with Crippen molar-refractivity contribution < 1.29 is 35.5 Å². The highest BCUT2D eigenvalue weighted by Gasteiger charge is 2.37. The molecule has 0 spiro atoms. The number of amides is 1. The van der Waals surface area contributed by atoms with Gasteiger partial charge in [-0.3, -0.25) is 4.79 Å². The van der Waals surface area contributed by atoms with Crippen LogP contribution in [0, 0.1) is 5.82 Å². The normalized spacial score (nSPS) is 15.0. The highest BCUT2D eigenvalue weighted by atomic mass is 32.2. The lowest BCUT2D eigenvalue weighted by Gasteiger charge is -2.37. The van der Waals surface area contributed by atoms with E-state index in [0.29, 0.717) is 42.7 Å².